The van der Waals surface area contributed by atoms with Crippen LogP contribution in [0.1, 0.15) is 25.3 Å². The number of benzene rings is 1. The van der Waals surface area contributed by atoms with Crippen molar-refractivity contribution in [3.8, 4) is 0 Å². The molecule has 4 nitrogen and oxygen atoms in total. The lowest BCUT2D eigenvalue weighted by Gasteiger charge is -2.23. The molecule has 0 radical (unpaired) electrons. The van der Waals surface area contributed by atoms with Gasteiger partial charge >= 0.3 is 0 Å². The van der Waals surface area contributed by atoms with E-state index >= 15 is 0 Å². The number of nitrogens with one attached hydrogen (secondary N) is 2. The molecule has 0 bridgehead atoms. The van der Waals surface area contributed by atoms with Crippen LogP contribution in [0.5, 0.6) is 0 Å². The van der Waals surface area contributed by atoms with Gasteiger partial charge in [-0.05, 0) is 30.5 Å². The molecule has 1 atom stereocenters. The van der Waals surface area contributed by atoms with Gasteiger partial charge in [0.25, 0.3) is 0 Å². The fourth-order valence-corrected chi connectivity index (χ4v) is 2.55. The molecule has 21 heavy (non-hydrogen) atoms. The van der Waals surface area contributed by atoms with Gasteiger partial charge in [0.1, 0.15) is 0 Å². The minimum atomic E-state index is -0.0602. The van der Waals surface area contributed by atoms with Crippen LogP contribution in [0.2, 0.25) is 5.02 Å². The van der Waals surface area contributed by atoms with Gasteiger partial charge in [-0.15, -0.1) is 0 Å². The Balaban J connectivity index is 1.95. The minimum absolute atomic E-state index is 0.0539. The zero-order valence-electron chi connectivity index (χ0n) is 12.9. The van der Waals surface area contributed by atoms with Crippen molar-refractivity contribution in [1.82, 2.24) is 10.6 Å². The molecule has 2 rings (SSSR count). The van der Waals surface area contributed by atoms with Gasteiger partial charge in [-0.2, -0.15) is 0 Å². The van der Waals surface area contributed by atoms with E-state index in [0.29, 0.717) is 12.6 Å². The predicted octanol–water partition coefficient (Wildman–Crippen LogP) is 2.41. The minimum Gasteiger partial charge on any atom is -0.374 e. The second-order valence-electron chi connectivity index (χ2n) is 5.83. The van der Waals surface area contributed by atoms with Crippen LogP contribution in [0.15, 0.2) is 18.2 Å². The van der Waals surface area contributed by atoms with Crippen molar-refractivity contribution in [2.45, 2.75) is 32.4 Å². The zero-order chi connectivity index (χ0) is 15.4. The summed E-state index contributed by atoms with van der Waals surface area (Å²) in [6.07, 6.45) is 2.55. The van der Waals surface area contributed by atoms with E-state index in [1.807, 2.05) is 20.0 Å². The van der Waals surface area contributed by atoms with Crippen molar-refractivity contribution in [3.63, 3.8) is 0 Å². The Morgan fingerprint density at radius 2 is 2.19 bits per heavy atom. The molecule has 116 valence electrons. The maximum atomic E-state index is 11.6. The van der Waals surface area contributed by atoms with Gasteiger partial charge in [-0.25, -0.2) is 0 Å². The molecule has 1 saturated carbocycles. The van der Waals surface area contributed by atoms with Crippen molar-refractivity contribution in [2.75, 3.05) is 25.5 Å². The first kappa shape index (κ1) is 16.1. The van der Waals surface area contributed by atoms with Gasteiger partial charge in [0, 0.05) is 43.9 Å². The molecule has 0 spiro atoms. The van der Waals surface area contributed by atoms with E-state index in [0.717, 1.165) is 22.8 Å². The van der Waals surface area contributed by atoms with Crippen molar-refractivity contribution in [2.24, 2.45) is 5.92 Å². The highest BCUT2D eigenvalue weighted by atomic mass is 35.5. The van der Waals surface area contributed by atoms with E-state index in [-0.39, 0.29) is 11.8 Å². The van der Waals surface area contributed by atoms with Crippen LogP contribution < -0.4 is 15.5 Å². The third kappa shape index (κ3) is 4.61. The Labute approximate surface area is 131 Å². The third-order valence-corrected chi connectivity index (χ3v) is 4.23. The number of rotatable bonds is 7. The van der Waals surface area contributed by atoms with E-state index in [2.05, 4.69) is 27.7 Å². The van der Waals surface area contributed by atoms with E-state index in [4.69, 9.17) is 11.6 Å². The monoisotopic (exact) mass is 309 g/mol. The van der Waals surface area contributed by atoms with Gasteiger partial charge in [0.05, 0.1) is 5.92 Å². The molecule has 1 fully saturated rings. The molecule has 1 amide bonds. The smallest absolute Gasteiger partial charge is 0.224 e. The lowest BCUT2D eigenvalue weighted by Crippen LogP contribution is -2.34. The molecule has 1 unspecified atom stereocenters. The second kappa shape index (κ2) is 7.14. The number of hydrogen-bond acceptors (Lipinski definition) is 3. The average Bonchev–Trinajstić information content (AvgIpc) is 3.29. The summed E-state index contributed by atoms with van der Waals surface area (Å²) < 4.78 is 0. The number of carbonyl (C=O) groups excluding carboxylic acids is 1. The van der Waals surface area contributed by atoms with Crippen molar-refractivity contribution in [3.05, 3.63) is 28.8 Å². The molecule has 1 aliphatic carbocycles. The Morgan fingerprint density at radius 3 is 2.76 bits per heavy atom. The summed E-state index contributed by atoms with van der Waals surface area (Å²) in [5, 5.41) is 6.92. The van der Waals surface area contributed by atoms with Crippen molar-refractivity contribution < 1.29 is 4.79 Å². The Morgan fingerprint density at radius 1 is 1.48 bits per heavy atom. The van der Waals surface area contributed by atoms with Crippen LogP contribution in [-0.4, -0.2) is 32.6 Å². The lowest BCUT2D eigenvalue weighted by atomic mass is 10.1. The van der Waals surface area contributed by atoms with Crippen LogP contribution in [0.3, 0.4) is 0 Å². The molecule has 0 heterocycles. The molecule has 2 N–H and O–H groups in total. The Bertz CT molecular complexity index is 502. The quantitative estimate of drug-likeness (QED) is 0.813. The summed E-state index contributed by atoms with van der Waals surface area (Å²) in [5.41, 5.74) is 2.16. The van der Waals surface area contributed by atoms with Crippen LogP contribution >= 0.6 is 11.6 Å². The highest BCUT2D eigenvalue weighted by Gasteiger charge is 2.20. The van der Waals surface area contributed by atoms with Crippen LogP contribution in [-0.2, 0) is 11.3 Å². The number of anilines is 1. The molecule has 1 aliphatic rings. The molecule has 5 heteroatoms. The average molecular weight is 310 g/mol. The van der Waals surface area contributed by atoms with E-state index < -0.39 is 0 Å². The topological polar surface area (TPSA) is 44.4 Å². The van der Waals surface area contributed by atoms with E-state index in [9.17, 15) is 4.79 Å². The van der Waals surface area contributed by atoms with E-state index in [1.54, 1.807) is 7.05 Å². The van der Waals surface area contributed by atoms with Crippen LogP contribution in [0.4, 0.5) is 5.69 Å². The number of halogens is 1. The summed E-state index contributed by atoms with van der Waals surface area (Å²) in [6, 6.07) is 6.78. The summed E-state index contributed by atoms with van der Waals surface area (Å²) in [7, 11) is 3.64. The highest BCUT2D eigenvalue weighted by molar-refractivity contribution is 6.31. The van der Waals surface area contributed by atoms with Gasteiger partial charge in [-0.1, -0.05) is 24.6 Å². The fourth-order valence-electron chi connectivity index (χ4n) is 2.30. The largest absolute Gasteiger partial charge is 0.374 e. The van der Waals surface area contributed by atoms with Crippen LogP contribution in [0.25, 0.3) is 0 Å². The molecule has 0 aromatic heterocycles. The first-order chi connectivity index (χ1) is 10.0. The van der Waals surface area contributed by atoms with Crippen molar-refractivity contribution >= 4 is 23.2 Å². The van der Waals surface area contributed by atoms with Gasteiger partial charge in [0.2, 0.25) is 5.91 Å². The maximum Gasteiger partial charge on any atom is 0.224 e. The van der Waals surface area contributed by atoms with Crippen molar-refractivity contribution in [1.29, 1.82) is 0 Å². The first-order valence-electron chi connectivity index (χ1n) is 7.45. The molecule has 0 saturated heterocycles. The number of nitrogens with zero attached hydrogens (tertiary/aromatic N) is 1. The highest BCUT2D eigenvalue weighted by Crippen LogP contribution is 2.25. The maximum absolute atomic E-state index is 11.6. The first-order valence-corrected chi connectivity index (χ1v) is 7.83. The van der Waals surface area contributed by atoms with Gasteiger partial charge in [-0.3, -0.25) is 4.79 Å². The molecular weight excluding hydrogens is 286 g/mol. The summed E-state index contributed by atoms with van der Waals surface area (Å²) >= 11 is 6.36. The summed E-state index contributed by atoms with van der Waals surface area (Å²) in [4.78, 5) is 13.6. The molecular formula is C16H24ClN3O. The number of amides is 1. The Hall–Kier alpha value is -1.26. The normalized spacial score (nSPS) is 15.6. The second-order valence-corrected chi connectivity index (χ2v) is 6.23. The standard InChI is InChI=1S/C16H24ClN3O/c1-11(16(21)18-2)10-20(3)14-7-4-12(15(17)8-14)9-19-13-5-6-13/h4,7-8,11,13,19H,5-6,9-10H2,1-3H3,(H,18,21). The van der Waals surface area contributed by atoms with Gasteiger partial charge < -0.3 is 15.5 Å². The number of carbonyl (C=O) groups is 1. The molecule has 0 aliphatic heterocycles. The van der Waals surface area contributed by atoms with Gasteiger partial charge in [0.15, 0.2) is 0 Å². The third-order valence-electron chi connectivity index (χ3n) is 3.88. The predicted molar refractivity (Wildman–Crippen MR) is 87.8 cm³/mol. The molecule has 1 aromatic carbocycles. The summed E-state index contributed by atoms with van der Waals surface area (Å²) in [5.74, 6) is -0.00631. The SMILES string of the molecule is CNC(=O)C(C)CN(C)c1ccc(CNC2CC2)c(Cl)c1. The van der Waals surface area contributed by atoms with Crippen LogP contribution in [0, 0.1) is 5.92 Å². The number of hydrogen-bond donors (Lipinski definition) is 2. The lowest BCUT2D eigenvalue weighted by molar-refractivity contribution is -0.123. The summed E-state index contributed by atoms with van der Waals surface area (Å²) in [6.45, 7) is 3.41. The Kier molecular flexibility index (Phi) is 5.48. The fraction of sp³-hybridized carbons (Fsp3) is 0.562. The zero-order valence-corrected chi connectivity index (χ0v) is 13.7. The van der Waals surface area contributed by atoms with E-state index in [1.165, 1.54) is 12.8 Å². The molecule has 1 aromatic rings.